The third kappa shape index (κ3) is 12.2. The predicted molar refractivity (Wildman–Crippen MR) is 270 cm³/mol. The molecule has 0 aliphatic carbocycles. The van der Waals surface area contributed by atoms with Crippen molar-refractivity contribution in [1.82, 2.24) is 25.5 Å². The van der Waals surface area contributed by atoms with Crippen molar-refractivity contribution in [2.45, 2.75) is 97.3 Å². The van der Waals surface area contributed by atoms with E-state index in [0.717, 1.165) is 32.8 Å². The smallest absolute Gasteiger partial charge is 0.419 e. The second kappa shape index (κ2) is 22.1. The van der Waals surface area contributed by atoms with Crippen LogP contribution in [0.2, 0.25) is 0 Å². The van der Waals surface area contributed by atoms with E-state index < -0.39 is 76.0 Å². The number of hydrogen-bond donors (Lipinski definition) is 3. The second-order valence-corrected chi connectivity index (χ2v) is 20.5. The summed E-state index contributed by atoms with van der Waals surface area (Å²) in [5.41, 5.74) is 0.923. The number of unbranched alkanes of at least 4 members (excludes halogenated alkanes) is 1. The number of rotatable bonds is 17. The molecule has 384 valence electrons. The minimum atomic E-state index is -4.93. The maximum Gasteiger partial charge on any atom is 0.419 e. The molecule has 21 heteroatoms. The van der Waals surface area contributed by atoms with E-state index in [1.54, 1.807) is 68.0 Å². The number of nitrogens with one attached hydrogen (secondary N) is 2. The molecule has 2 aromatic heterocycles. The van der Waals surface area contributed by atoms with Gasteiger partial charge >= 0.3 is 6.18 Å². The van der Waals surface area contributed by atoms with Gasteiger partial charge in [0, 0.05) is 26.1 Å². The topological polar surface area (TPSA) is 190 Å². The van der Waals surface area contributed by atoms with Gasteiger partial charge in [0.2, 0.25) is 17.7 Å². The molecule has 2 aliphatic heterocycles. The van der Waals surface area contributed by atoms with Crippen LogP contribution in [0, 0.1) is 29.5 Å². The highest BCUT2D eigenvalue weighted by Crippen LogP contribution is 2.41. The van der Waals surface area contributed by atoms with Gasteiger partial charge in [-0.1, -0.05) is 63.2 Å². The number of thiocarbonyl (C=S) groups is 1. The number of nitriles is 1. The van der Waals surface area contributed by atoms with E-state index in [1.165, 1.54) is 41.8 Å². The summed E-state index contributed by atoms with van der Waals surface area (Å²) in [7, 11) is 0. The van der Waals surface area contributed by atoms with Crippen molar-refractivity contribution >= 4 is 63.7 Å². The van der Waals surface area contributed by atoms with Crippen LogP contribution in [0.4, 0.5) is 28.9 Å². The van der Waals surface area contributed by atoms with Crippen LogP contribution in [0.25, 0.3) is 21.6 Å². The molecule has 0 saturated carbocycles. The number of carbonyl (C=O) groups is 4. The molecule has 0 bridgehead atoms. The molecule has 3 aromatic carbocycles. The monoisotopic (exact) mass is 1040 g/mol. The van der Waals surface area contributed by atoms with E-state index in [2.05, 4.69) is 20.6 Å². The van der Waals surface area contributed by atoms with E-state index in [-0.39, 0.29) is 49.2 Å². The number of ether oxygens (including phenoxy) is 2. The van der Waals surface area contributed by atoms with Gasteiger partial charge in [-0.25, -0.2) is 14.4 Å². The SMILES string of the molecule is Cc1ncsc1-c1ccc(CNC(=O)[C@@H]2C[C@@H](O)CN2C(=O)C(NC(=O)COCCCCOc2ccc(-c3ccc(N4C(=S)N(c5cnc(C#N)c(C(F)(F)F)c5)C(=O)C4(C)C)c(F)c3)cc2)C(C)(C)C)cc1. The van der Waals surface area contributed by atoms with E-state index in [4.69, 9.17) is 27.0 Å². The fraction of sp³-hybridized carbons (Fsp3) is 0.385. The summed E-state index contributed by atoms with van der Waals surface area (Å²) in [6.07, 6.45) is -3.70. The fourth-order valence-electron chi connectivity index (χ4n) is 8.56. The Morgan fingerprint density at radius 1 is 0.986 bits per heavy atom. The van der Waals surface area contributed by atoms with E-state index in [9.17, 15) is 37.5 Å². The largest absolute Gasteiger partial charge is 0.494 e. The number of anilines is 2. The molecular formula is C52H54F4N8O7S2. The lowest BCUT2D eigenvalue weighted by atomic mass is 9.85. The Kier molecular flexibility index (Phi) is 16.3. The molecule has 15 nitrogen and oxygen atoms in total. The first-order valence-corrected chi connectivity index (χ1v) is 24.6. The normalized spacial score (nSPS) is 17.2. The van der Waals surface area contributed by atoms with Gasteiger partial charge in [0.25, 0.3) is 5.91 Å². The van der Waals surface area contributed by atoms with Gasteiger partial charge in [-0.15, -0.1) is 11.3 Å². The summed E-state index contributed by atoms with van der Waals surface area (Å²) < 4.78 is 68.6. The summed E-state index contributed by atoms with van der Waals surface area (Å²) in [6.45, 7) is 10.7. The highest BCUT2D eigenvalue weighted by Gasteiger charge is 2.52. The molecule has 0 spiro atoms. The number of thiazole rings is 1. The Morgan fingerprint density at radius 3 is 2.29 bits per heavy atom. The van der Waals surface area contributed by atoms with Crippen LogP contribution in [-0.2, 0) is 36.6 Å². The number of aryl methyl sites for hydroxylation is 1. The molecular weight excluding hydrogens is 989 g/mol. The average molecular weight is 1040 g/mol. The Bertz CT molecular complexity index is 2920. The standard InChI is InChI=1S/C52H54F4N8O7S2/c1-30-44(73-29-60-30)33-11-9-31(10-12-33)25-59-46(67)42-23-36(65)27-62(42)47(68)45(50(2,3)4)61-43(66)28-70-19-7-8-20-71-37-16-13-32(14-17-37)34-15-18-41(39(53)21-34)64-49(72)63(48(69)51(64,5)6)35-22-38(52(54,55)56)40(24-57)58-26-35/h9-18,21-22,26,29,36,42,45,65H,7-8,19-20,23,25,27-28H2,1-6H3,(H,59,67)(H,61,66)/t36-,42+,45?/m1/s1. The quantitative estimate of drug-likeness (QED) is 0.0462. The van der Waals surface area contributed by atoms with Gasteiger partial charge in [0.15, 0.2) is 10.8 Å². The van der Waals surface area contributed by atoms with Crippen LogP contribution in [0.5, 0.6) is 5.75 Å². The van der Waals surface area contributed by atoms with Crippen LogP contribution in [0.3, 0.4) is 0 Å². The number of likely N-dealkylation sites (tertiary alicyclic amines) is 1. The highest BCUT2D eigenvalue weighted by molar-refractivity contribution is 7.81. The van der Waals surface area contributed by atoms with Crippen molar-refractivity contribution in [3.05, 3.63) is 113 Å². The maximum atomic E-state index is 15.9. The molecule has 1 unspecified atom stereocenters. The number of aliphatic hydroxyl groups is 1. The zero-order chi connectivity index (χ0) is 53.0. The van der Waals surface area contributed by atoms with Crippen molar-refractivity contribution in [2.75, 3.05) is 36.2 Å². The molecule has 73 heavy (non-hydrogen) atoms. The van der Waals surface area contributed by atoms with Gasteiger partial charge in [-0.3, -0.25) is 24.1 Å². The van der Waals surface area contributed by atoms with Crippen LogP contribution in [0.15, 0.2) is 84.5 Å². The molecule has 0 radical (unpaired) electrons. The number of alkyl halides is 3. The number of aliphatic hydroxyl groups excluding tert-OH is 1. The van der Waals surface area contributed by atoms with E-state index in [0.29, 0.717) is 42.4 Å². The number of pyridine rings is 1. The molecule has 4 amide bonds. The van der Waals surface area contributed by atoms with Gasteiger partial charge in [0.1, 0.15) is 41.9 Å². The molecule has 2 saturated heterocycles. The lowest BCUT2D eigenvalue weighted by Crippen LogP contribution is -2.58. The number of hydrogen-bond acceptors (Lipinski definition) is 12. The van der Waals surface area contributed by atoms with Gasteiger partial charge in [0.05, 0.1) is 51.9 Å². The first-order valence-electron chi connectivity index (χ1n) is 23.3. The average Bonchev–Trinajstić information content (AvgIpc) is 4.01. The zero-order valence-corrected chi connectivity index (χ0v) is 42.5. The number of aromatic nitrogens is 2. The molecule has 2 fully saturated rings. The summed E-state index contributed by atoms with van der Waals surface area (Å²) >= 11 is 7.09. The first-order chi connectivity index (χ1) is 34.5. The summed E-state index contributed by atoms with van der Waals surface area (Å²) in [4.78, 5) is 66.5. The van der Waals surface area contributed by atoms with Crippen molar-refractivity contribution in [1.29, 1.82) is 5.26 Å². The molecule has 3 atom stereocenters. The zero-order valence-electron chi connectivity index (χ0n) is 40.9. The highest BCUT2D eigenvalue weighted by atomic mass is 32.1. The molecule has 3 N–H and O–H groups in total. The second-order valence-electron chi connectivity index (χ2n) is 19.3. The van der Waals surface area contributed by atoms with Gasteiger partial charge < -0.3 is 35.0 Å². The molecule has 4 heterocycles. The lowest BCUT2D eigenvalue weighted by Gasteiger charge is -2.35. The molecule has 7 rings (SSSR count). The molecule has 2 aliphatic rings. The predicted octanol–water partition coefficient (Wildman–Crippen LogP) is 8.11. The third-order valence-electron chi connectivity index (χ3n) is 12.5. The van der Waals surface area contributed by atoms with Gasteiger partial charge in [-0.05, 0) is 104 Å². The first kappa shape index (κ1) is 53.9. The van der Waals surface area contributed by atoms with Crippen LogP contribution in [-0.4, -0.2) is 98.8 Å². The van der Waals surface area contributed by atoms with Crippen molar-refractivity contribution in [3.63, 3.8) is 0 Å². The number of halogens is 4. The fourth-order valence-corrected chi connectivity index (χ4v) is 9.89. The minimum Gasteiger partial charge on any atom is -0.494 e. The van der Waals surface area contributed by atoms with E-state index in [1.807, 2.05) is 31.2 Å². The Morgan fingerprint density at radius 2 is 1.66 bits per heavy atom. The van der Waals surface area contributed by atoms with Crippen LogP contribution >= 0.6 is 23.6 Å². The molecule has 5 aromatic rings. The summed E-state index contributed by atoms with van der Waals surface area (Å²) in [5.74, 6) is -2.30. The third-order valence-corrected chi connectivity index (χ3v) is 13.8. The Balaban J connectivity index is 0.853. The van der Waals surface area contributed by atoms with Crippen molar-refractivity contribution in [3.8, 4) is 33.4 Å². The lowest BCUT2D eigenvalue weighted by molar-refractivity contribution is -0.144. The maximum absolute atomic E-state index is 15.9. The van der Waals surface area contributed by atoms with Crippen molar-refractivity contribution < 1.29 is 51.3 Å². The Labute approximate surface area is 429 Å². The number of nitrogens with zero attached hydrogens (tertiary/aromatic N) is 6. The minimum absolute atomic E-state index is 0.0509. The number of benzene rings is 3. The summed E-state index contributed by atoms with van der Waals surface area (Å²) in [5, 5.41) is 25.2. The van der Waals surface area contributed by atoms with Crippen molar-refractivity contribution in [2.24, 2.45) is 5.41 Å². The van der Waals surface area contributed by atoms with Crippen LogP contribution in [0.1, 0.15) is 76.4 Å². The van der Waals surface area contributed by atoms with Crippen LogP contribution < -0.4 is 25.2 Å². The number of β-amino-alcohol motifs (C(OH)–C–C–N with tert-alkyl or cyclic N) is 1. The van der Waals surface area contributed by atoms with E-state index >= 15 is 4.39 Å². The number of carbonyl (C=O) groups excluding carboxylic acids is 4. The Hall–Kier alpha value is -6.86. The summed E-state index contributed by atoms with van der Waals surface area (Å²) in [6, 6.07) is 19.1. The number of amides is 4. The van der Waals surface area contributed by atoms with Gasteiger partial charge in [-0.2, -0.15) is 18.4 Å².